The van der Waals surface area contributed by atoms with Gasteiger partial charge in [0, 0.05) is 0 Å². The van der Waals surface area contributed by atoms with Crippen LogP contribution < -0.4 is 35.0 Å². The Bertz CT molecular complexity index is 6450. The molecule has 0 N–H and O–H groups in total. The van der Waals surface area contributed by atoms with Crippen LogP contribution in [0.25, 0.3) is 99.5 Å². The van der Waals surface area contributed by atoms with E-state index in [0.717, 1.165) is 61.2 Å². The van der Waals surface area contributed by atoms with E-state index in [0.29, 0.717) is 47.9 Å². The van der Waals surface area contributed by atoms with E-state index in [4.69, 9.17) is 0 Å². The maximum atomic E-state index is 12.2. The summed E-state index contributed by atoms with van der Waals surface area (Å²) in [6.45, 7) is 18.1. The summed E-state index contributed by atoms with van der Waals surface area (Å²) < 4.78 is 206. The average molecular weight is 1480 g/mol. The minimum atomic E-state index is -4.30. The van der Waals surface area contributed by atoms with Crippen molar-refractivity contribution >= 4 is 136 Å². The molecular formula is C96H91BGe2N4. The van der Waals surface area contributed by atoms with Gasteiger partial charge in [-0.25, -0.2) is 0 Å². The molecule has 103 heavy (non-hydrogen) atoms. The molecule has 2 aliphatic rings. The SMILES string of the molecule is [2H]c1c2c([c]([Ge]([CH3])([CH3])[CH3])c([2H])c1-n1c3c([2H])c([2H])c([2H])c([2H])c3c3c([2H])c([2H])c([2H])c([2H])c31)B1c3c(cc(C(C)(C)C)cc3N(c3c(-c4ccccc4)cc(C(C)(C)C)cc3-c3ccccc3)c3c([2H])c(-n4c5c([2H])c([2H])c([2H])c([2H])c5c5c([2H])c([2H])c([2H])c([2H])c54)c([2H])[c]([Ge]([CH3])([CH3])[CH3])c31)N2c1c(-c2ccccc2)cc(C(C)(C)C)cc1-c1ccccc1. The predicted octanol–water partition coefficient (Wildman–Crippen LogP) is 23.6. The third-order valence-corrected chi connectivity index (χ3v) is 28.5. The number of para-hydroxylation sites is 4. The van der Waals surface area contributed by atoms with Crippen LogP contribution in [0.3, 0.4) is 0 Å². The second-order valence-corrected chi connectivity index (χ2v) is 53.6. The summed E-state index contributed by atoms with van der Waals surface area (Å²) in [4.78, 5) is 4.32. The number of fused-ring (bicyclic) bond motifs is 10. The molecule has 0 fully saturated rings. The summed E-state index contributed by atoms with van der Waals surface area (Å²) in [6, 6.07) is 41.7. The van der Waals surface area contributed by atoms with Crippen LogP contribution in [0.1, 0.15) is 106 Å². The van der Waals surface area contributed by atoms with Crippen molar-refractivity contribution in [1.82, 2.24) is 9.13 Å². The molecule has 0 atom stereocenters. The monoisotopic (exact) mass is 1480 g/mol. The fourth-order valence-corrected chi connectivity index (χ4v) is 22.0. The van der Waals surface area contributed by atoms with E-state index < -0.39 is 146 Å². The van der Waals surface area contributed by atoms with Gasteiger partial charge in [0.15, 0.2) is 0 Å². The van der Waals surface area contributed by atoms with Gasteiger partial charge in [-0.05, 0) is 0 Å². The first-order valence-corrected chi connectivity index (χ1v) is 50.1. The fourth-order valence-electron chi connectivity index (χ4n) is 15.5. The van der Waals surface area contributed by atoms with Crippen molar-refractivity contribution in [2.45, 2.75) is 113 Å². The van der Waals surface area contributed by atoms with Gasteiger partial charge in [-0.3, -0.25) is 0 Å². The minimum absolute atomic E-state index is 0.188. The zero-order chi connectivity index (χ0) is 88.8. The van der Waals surface area contributed by atoms with Gasteiger partial charge in [0.2, 0.25) is 0 Å². The number of aromatic nitrogens is 2. The Hall–Kier alpha value is -9.79. The Morgan fingerprint density at radius 3 is 0.835 bits per heavy atom. The second kappa shape index (κ2) is 24.4. The fraction of sp³-hybridized carbons (Fsp3) is 0.188. The zero-order valence-corrected chi connectivity index (χ0v) is 65.1. The molecule has 0 aliphatic carbocycles. The summed E-state index contributed by atoms with van der Waals surface area (Å²) in [5.41, 5.74) is 9.32. The quantitative estimate of drug-likeness (QED) is 0.127. The van der Waals surface area contributed by atoms with E-state index in [2.05, 4.69) is 192 Å². The van der Waals surface area contributed by atoms with Crippen molar-refractivity contribution in [3.63, 3.8) is 0 Å². The van der Waals surface area contributed by atoms with E-state index >= 15 is 0 Å². The first-order valence-electron chi connectivity index (χ1n) is 45.4. The van der Waals surface area contributed by atoms with Crippen LogP contribution >= 0.6 is 0 Å². The summed E-state index contributed by atoms with van der Waals surface area (Å²) in [6.07, 6.45) is 0. The molecular weight excluding hydrogens is 1370 g/mol. The molecule has 4 nitrogen and oxygen atoms in total. The van der Waals surface area contributed by atoms with Crippen LogP contribution in [0.15, 0.2) is 279 Å². The molecule has 0 radical (unpaired) electrons. The third kappa shape index (κ3) is 11.1. The number of rotatable bonds is 10. The molecule has 4 heterocycles. The van der Waals surface area contributed by atoms with Gasteiger partial charge in [0.05, 0.1) is 0 Å². The first kappa shape index (κ1) is 47.5. The topological polar surface area (TPSA) is 16.3 Å². The van der Waals surface area contributed by atoms with Gasteiger partial charge < -0.3 is 0 Å². The average Bonchev–Trinajstić information content (AvgIpc) is 1.34. The predicted molar refractivity (Wildman–Crippen MR) is 453 cm³/mol. The molecule has 0 bridgehead atoms. The second-order valence-electron chi connectivity index (χ2n) is 32.6. The third-order valence-electron chi connectivity index (χ3n) is 20.6. The van der Waals surface area contributed by atoms with Gasteiger partial charge in [-0.2, -0.15) is 0 Å². The molecule has 15 aromatic rings. The van der Waals surface area contributed by atoms with Crippen LogP contribution in [-0.2, 0) is 16.2 Å². The van der Waals surface area contributed by atoms with E-state index in [1.54, 1.807) is 0 Å². The number of anilines is 6. The standard InChI is InChI=1S/C96H91BGe2N4/c1-94(2,3)66-52-75(62-36-20-16-21-37-62)92(76(53-66)63-38-22-17-23-39-63)102-85-56-68(96(7,8)9)57-86-91(85)97(89-79(98(10,11)12)58-69(60-87(89)102)100-81-48-32-28-44-71(81)72-45-29-33-49-82(72)100)90-80(99(13,14)15)59-70(101-83-50-34-30-46-73(83)74-47-31-35-51-84(74)101)61-88(90)103(86)93-77(64-40-24-18-25-41-64)54-67(95(4,5)6)55-78(93)65-42-26-19-27-43-65/h16-61H,1-15H3/i28D,29D,30D,31D,32D,33D,34D,35D,44D,45D,46D,47D,48D,49D,50D,51D,58D,59D,60D,61D. The normalized spacial score (nSPS) is 16.0. The first-order chi connectivity index (χ1) is 57.7. The summed E-state index contributed by atoms with van der Waals surface area (Å²) in [5.74, 6) is 12.8. The summed E-state index contributed by atoms with van der Waals surface area (Å²) >= 11 is -8.60. The van der Waals surface area contributed by atoms with Crippen molar-refractivity contribution in [2.24, 2.45) is 0 Å². The van der Waals surface area contributed by atoms with Gasteiger partial charge in [-0.1, -0.05) is 0 Å². The number of benzene rings is 13. The Labute approximate surface area is 643 Å². The van der Waals surface area contributed by atoms with Crippen LogP contribution in [0.4, 0.5) is 34.1 Å². The molecule has 7 heteroatoms. The van der Waals surface area contributed by atoms with E-state index in [-0.39, 0.29) is 90.5 Å². The Morgan fingerprint density at radius 1 is 0.311 bits per heavy atom. The van der Waals surface area contributed by atoms with E-state index in [1.165, 1.54) is 9.13 Å². The summed E-state index contributed by atoms with van der Waals surface area (Å²) in [5, 5.41) is -0.964. The van der Waals surface area contributed by atoms with E-state index in [9.17, 15) is 27.4 Å². The summed E-state index contributed by atoms with van der Waals surface area (Å²) in [7, 11) is 0. The van der Waals surface area contributed by atoms with E-state index in [1.807, 2.05) is 72.8 Å². The van der Waals surface area contributed by atoms with Gasteiger partial charge in [0.1, 0.15) is 0 Å². The van der Waals surface area contributed by atoms with Crippen LogP contribution in [0, 0.1) is 0 Å². The molecule has 0 saturated heterocycles. The molecule has 2 aliphatic heterocycles. The van der Waals surface area contributed by atoms with Gasteiger partial charge in [0.25, 0.3) is 0 Å². The van der Waals surface area contributed by atoms with Crippen molar-refractivity contribution in [1.29, 1.82) is 0 Å². The Kier molecular flexibility index (Phi) is 11.3. The molecule has 0 unspecified atom stereocenters. The van der Waals surface area contributed by atoms with Crippen LogP contribution in [0.5, 0.6) is 0 Å². The van der Waals surface area contributed by atoms with Gasteiger partial charge >= 0.3 is 647 Å². The number of hydrogen-bond donors (Lipinski definition) is 0. The Morgan fingerprint density at radius 2 is 0.573 bits per heavy atom. The molecule has 0 spiro atoms. The molecule has 0 saturated carbocycles. The van der Waals surface area contributed by atoms with Crippen molar-refractivity contribution in [3.05, 3.63) is 295 Å². The maximum absolute atomic E-state index is 12.2. The molecule has 506 valence electrons. The van der Waals surface area contributed by atoms with Crippen LogP contribution in [-0.4, -0.2) is 42.4 Å². The number of hydrogen-bond acceptors (Lipinski definition) is 2. The molecule has 0 amide bonds. The van der Waals surface area contributed by atoms with Crippen LogP contribution in [0.2, 0.25) is 34.5 Å². The van der Waals surface area contributed by atoms with Crippen molar-refractivity contribution in [3.8, 4) is 55.9 Å². The zero-order valence-electron chi connectivity index (χ0n) is 80.9. The Balaban J connectivity index is 1.22. The molecule has 2 aromatic heterocycles. The molecule has 17 rings (SSSR count). The number of nitrogens with zero attached hydrogens (tertiary/aromatic N) is 4. The van der Waals surface area contributed by atoms with Gasteiger partial charge in [-0.15, -0.1) is 0 Å². The van der Waals surface area contributed by atoms with Crippen molar-refractivity contribution in [2.75, 3.05) is 9.80 Å². The molecule has 13 aromatic carbocycles. The van der Waals surface area contributed by atoms with Crippen molar-refractivity contribution < 1.29 is 27.4 Å².